The van der Waals surface area contributed by atoms with E-state index in [1.807, 2.05) is 4.72 Å². The average molecular weight is 604 g/mol. The van der Waals surface area contributed by atoms with Gasteiger partial charge in [-0.1, -0.05) is 12.1 Å². The fourth-order valence-electron chi connectivity index (χ4n) is 2.65. The number of hydrogen-bond acceptors (Lipinski definition) is 7. The molecule has 0 aliphatic carbocycles. The number of halogens is 6. The molecule has 1 aromatic heterocycles. The Morgan fingerprint density at radius 1 is 1.10 bits per heavy atom. The topological polar surface area (TPSA) is 206 Å². The van der Waals surface area contributed by atoms with Crippen molar-refractivity contribution in [3.63, 3.8) is 0 Å². The zero-order valence-electron chi connectivity index (χ0n) is 20.2. The molecule has 0 fully saturated rings. The van der Waals surface area contributed by atoms with Crippen molar-refractivity contribution in [3.8, 4) is 0 Å². The smallest absolute Gasteiger partial charge is 0.475 e. The second-order valence-corrected chi connectivity index (χ2v) is 9.05. The van der Waals surface area contributed by atoms with Gasteiger partial charge >= 0.3 is 18.3 Å². The van der Waals surface area contributed by atoms with Crippen molar-refractivity contribution in [1.82, 2.24) is 15.4 Å². The number of benzene rings is 1. The molecule has 13 nitrogen and oxygen atoms in total. The summed E-state index contributed by atoms with van der Waals surface area (Å²) in [5.41, 5.74) is 4.55. The number of nitrogens with two attached hydrogens (primary N) is 1. The van der Waals surface area contributed by atoms with Crippen LogP contribution in [0.25, 0.3) is 0 Å². The van der Waals surface area contributed by atoms with Gasteiger partial charge in [-0.2, -0.15) is 26.3 Å². The lowest BCUT2D eigenvalue weighted by Gasteiger charge is -2.16. The minimum atomic E-state index is -5.08. The molecule has 1 heterocycles. The predicted octanol–water partition coefficient (Wildman–Crippen LogP) is 1.14. The molecule has 2 rings (SSSR count). The lowest BCUT2D eigenvalue weighted by atomic mass is 10.2. The number of guanidine groups is 1. The molecule has 1 aromatic carbocycles. The highest BCUT2D eigenvalue weighted by molar-refractivity contribution is 7.92. The second-order valence-electron chi connectivity index (χ2n) is 7.40. The van der Waals surface area contributed by atoms with Crippen molar-refractivity contribution in [1.29, 1.82) is 5.41 Å². The van der Waals surface area contributed by atoms with Crippen LogP contribution in [-0.2, 0) is 37.2 Å². The summed E-state index contributed by atoms with van der Waals surface area (Å²) in [6, 6.07) is 5.98. The SMILES string of the molecule is Cc1ccc(NS(=O)(=O)c2ccccc2C(F)(F)F)c(=O)n1CC(=O)NCCONC(=N)N.O=C(O)C(F)(F)F. The Bertz CT molecular complexity index is 1390. The summed E-state index contributed by atoms with van der Waals surface area (Å²) in [4.78, 5) is 37.4. The van der Waals surface area contributed by atoms with Crippen LogP contribution in [0.3, 0.4) is 0 Å². The predicted molar refractivity (Wildman–Crippen MR) is 125 cm³/mol. The summed E-state index contributed by atoms with van der Waals surface area (Å²) in [5, 5.41) is 16.5. The van der Waals surface area contributed by atoms with Crippen molar-refractivity contribution in [2.45, 2.75) is 30.7 Å². The summed E-state index contributed by atoms with van der Waals surface area (Å²) in [5.74, 6) is -3.80. The zero-order valence-corrected chi connectivity index (χ0v) is 21.0. The van der Waals surface area contributed by atoms with Crippen LogP contribution in [0.5, 0.6) is 0 Å². The fourth-order valence-corrected chi connectivity index (χ4v) is 3.94. The quantitative estimate of drug-likeness (QED) is 0.0797. The molecule has 0 radical (unpaired) electrons. The van der Waals surface area contributed by atoms with E-state index in [0.29, 0.717) is 11.8 Å². The molecule has 0 saturated heterocycles. The van der Waals surface area contributed by atoms with Crippen LogP contribution in [0.4, 0.5) is 32.0 Å². The number of nitrogens with zero attached hydrogens (tertiary/aromatic N) is 1. The van der Waals surface area contributed by atoms with Gasteiger partial charge in [0.25, 0.3) is 15.6 Å². The van der Waals surface area contributed by atoms with Gasteiger partial charge in [0.05, 0.1) is 17.1 Å². The van der Waals surface area contributed by atoms with E-state index < -0.39 is 68.5 Å². The van der Waals surface area contributed by atoms with Gasteiger partial charge in [0.15, 0.2) is 0 Å². The number of hydrogen-bond donors (Lipinski definition) is 6. The maximum atomic E-state index is 13.2. The first kappa shape index (κ1) is 33.7. The molecular weight excluding hydrogens is 582 g/mol. The maximum Gasteiger partial charge on any atom is 0.490 e. The van der Waals surface area contributed by atoms with E-state index >= 15 is 0 Å². The average Bonchev–Trinajstić information content (AvgIpc) is 2.82. The number of aliphatic carboxylic acids is 1. The van der Waals surface area contributed by atoms with Gasteiger partial charge in [-0.05, 0) is 31.2 Å². The number of nitrogens with one attached hydrogen (secondary N) is 4. The summed E-state index contributed by atoms with van der Waals surface area (Å²) >= 11 is 0. The third-order valence-corrected chi connectivity index (χ3v) is 5.80. The molecule has 1 amide bonds. The van der Waals surface area contributed by atoms with Crippen LogP contribution >= 0.6 is 0 Å². The van der Waals surface area contributed by atoms with Gasteiger partial charge in [0, 0.05) is 12.2 Å². The summed E-state index contributed by atoms with van der Waals surface area (Å²) in [6.45, 7) is 0.969. The van der Waals surface area contributed by atoms with Gasteiger partial charge in [-0.3, -0.25) is 24.6 Å². The standard InChI is InChI=1S/C18H21F3N6O5S.C2HF3O2/c1-11-6-7-13(16(29)27(11)10-15(28)24-8-9-32-25-17(22)23)26-33(30,31)14-5-3-2-4-12(14)18(19,20)21;3-2(4,5)1(6)7/h2-7,26H,8-10H2,1H3,(H,24,28)(H4,22,23,25);(H,6,7). The van der Waals surface area contributed by atoms with Crippen LogP contribution in [0, 0.1) is 12.3 Å². The molecule has 0 bridgehead atoms. The molecule has 0 aliphatic heterocycles. The Kier molecular flexibility index (Phi) is 11.5. The molecule has 7 N–H and O–H groups in total. The molecule has 0 unspecified atom stereocenters. The van der Waals surface area contributed by atoms with Crippen molar-refractivity contribution in [2.24, 2.45) is 5.73 Å². The number of alkyl halides is 6. The fraction of sp³-hybridized carbons (Fsp3) is 0.300. The number of sulfonamides is 1. The highest BCUT2D eigenvalue weighted by Gasteiger charge is 2.38. The van der Waals surface area contributed by atoms with E-state index in [-0.39, 0.29) is 13.2 Å². The lowest BCUT2D eigenvalue weighted by molar-refractivity contribution is -0.192. The van der Waals surface area contributed by atoms with Gasteiger partial charge in [0.1, 0.15) is 12.2 Å². The number of carbonyl (C=O) groups is 2. The van der Waals surface area contributed by atoms with E-state index in [2.05, 4.69) is 10.8 Å². The normalized spacial score (nSPS) is 11.6. The molecule has 0 spiro atoms. The number of carboxylic acids is 1. The Morgan fingerprint density at radius 3 is 2.20 bits per heavy atom. The summed E-state index contributed by atoms with van der Waals surface area (Å²) in [7, 11) is -4.77. The Balaban J connectivity index is 0.00000101. The first-order valence-corrected chi connectivity index (χ1v) is 11.9. The Morgan fingerprint density at radius 2 is 1.68 bits per heavy atom. The van der Waals surface area contributed by atoms with Crippen LogP contribution in [0.15, 0.2) is 46.1 Å². The van der Waals surface area contributed by atoms with E-state index in [0.717, 1.165) is 28.8 Å². The summed E-state index contributed by atoms with van der Waals surface area (Å²) in [6.07, 6.45) is -10.0. The highest BCUT2D eigenvalue weighted by Crippen LogP contribution is 2.34. The number of aryl methyl sites for hydroxylation is 1. The minimum absolute atomic E-state index is 0.00740. The maximum absolute atomic E-state index is 13.2. The lowest BCUT2D eigenvalue weighted by Crippen LogP contribution is -2.37. The molecular formula is C20H22F6N6O7S. The number of hydroxylamine groups is 1. The van der Waals surface area contributed by atoms with Crippen molar-refractivity contribution in [3.05, 3.63) is 58.0 Å². The number of carboxylic acid groups (broad SMARTS) is 1. The highest BCUT2D eigenvalue weighted by atomic mass is 32.2. The van der Waals surface area contributed by atoms with Crippen molar-refractivity contribution >= 4 is 33.5 Å². The molecule has 0 atom stereocenters. The van der Waals surface area contributed by atoms with E-state index in [4.69, 9.17) is 25.9 Å². The third kappa shape index (κ3) is 10.4. The zero-order chi connectivity index (χ0) is 30.9. The number of aromatic nitrogens is 1. The second kappa shape index (κ2) is 13.6. The first-order valence-electron chi connectivity index (χ1n) is 10.5. The molecule has 20 heteroatoms. The first-order chi connectivity index (χ1) is 18.3. The molecule has 40 heavy (non-hydrogen) atoms. The monoisotopic (exact) mass is 604 g/mol. The van der Waals surface area contributed by atoms with Gasteiger partial charge < -0.3 is 20.7 Å². The van der Waals surface area contributed by atoms with E-state index in [9.17, 15) is 44.3 Å². The third-order valence-electron chi connectivity index (χ3n) is 4.37. The van der Waals surface area contributed by atoms with Gasteiger partial charge in [-0.25, -0.2) is 18.7 Å². The van der Waals surface area contributed by atoms with Crippen molar-refractivity contribution in [2.75, 3.05) is 17.9 Å². The number of carbonyl (C=O) groups excluding carboxylic acids is 1. The van der Waals surface area contributed by atoms with Crippen LogP contribution in [-0.4, -0.2) is 55.3 Å². The van der Waals surface area contributed by atoms with E-state index in [1.54, 1.807) is 0 Å². The Hall–Kier alpha value is -4.33. The van der Waals surface area contributed by atoms with Crippen LogP contribution in [0.2, 0.25) is 0 Å². The number of amides is 1. The molecule has 0 aliphatic rings. The minimum Gasteiger partial charge on any atom is -0.475 e. The number of rotatable bonds is 9. The van der Waals surface area contributed by atoms with Crippen LogP contribution < -0.4 is 26.8 Å². The van der Waals surface area contributed by atoms with Gasteiger partial charge in [0.2, 0.25) is 11.9 Å². The number of pyridine rings is 1. The van der Waals surface area contributed by atoms with E-state index in [1.165, 1.54) is 13.0 Å². The van der Waals surface area contributed by atoms with Crippen LogP contribution in [0.1, 0.15) is 11.3 Å². The largest absolute Gasteiger partial charge is 0.490 e. The number of anilines is 1. The Labute approximate surface area is 221 Å². The molecule has 222 valence electrons. The molecule has 2 aromatic rings. The van der Waals surface area contributed by atoms with Crippen molar-refractivity contribution < 1.29 is 54.3 Å². The van der Waals surface area contributed by atoms with Gasteiger partial charge in [-0.15, -0.1) is 0 Å². The summed E-state index contributed by atoms with van der Waals surface area (Å²) < 4.78 is 99.4. The molecule has 0 saturated carbocycles.